The van der Waals surface area contributed by atoms with E-state index in [9.17, 15) is 4.79 Å². The number of aromatic nitrogens is 1. The summed E-state index contributed by atoms with van der Waals surface area (Å²) in [6.45, 7) is 8.70. The van der Waals surface area contributed by atoms with Gasteiger partial charge >= 0.3 is 5.97 Å². The van der Waals surface area contributed by atoms with Gasteiger partial charge in [0.05, 0.1) is 5.69 Å². The molecule has 0 saturated carbocycles. The lowest BCUT2D eigenvalue weighted by Gasteiger charge is -2.27. The molecule has 3 heterocycles. The van der Waals surface area contributed by atoms with Crippen molar-refractivity contribution in [3.05, 3.63) is 17.0 Å². The Morgan fingerprint density at radius 3 is 3.05 bits per heavy atom. The Morgan fingerprint density at radius 1 is 1.57 bits per heavy atom. The Bertz CT molecular complexity index is 523. The van der Waals surface area contributed by atoms with Gasteiger partial charge in [0.1, 0.15) is 5.76 Å². The first-order valence-corrected chi connectivity index (χ1v) is 7.57. The van der Waals surface area contributed by atoms with Gasteiger partial charge in [-0.1, -0.05) is 5.16 Å². The molecule has 2 aliphatic heterocycles. The van der Waals surface area contributed by atoms with E-state index in [2.05, 4.69) is 15.4 Å². The molecule has 116 valence electrons. The van der Waals surface area contributed by atoms with Crippen LogP contribution in [0.3, 0.4) is 0 Å². The smallest absolute Gasteiger partial charge is 0.303 e. The van der Waals surface area contributed by atoms with Crippen LogP contribution in [0.2, 0.25) is 0 Å². The number of carboxylic acid groups (broad SMARTS) is 1. The summed E-state index contributed by atoms with van der Waals surface area (Å²) >= 11 is 0. The van der Waals surface area contributed by atoms with Crippen molar-refractivity contribution in [2.75, 3.05) is 26.2 Å². The number of rotatable bonds is 5. The fourth-order valence-corrected chi connectivity index (χ4v) is 3.92. The molecule has 2 saturated heterocycles. The number of aryl methyl sites for hydroxylation is 2. The molecule has 2 aliphatic rings. The minimum absolute atomic E-state index is 0.122. The second-order valence-electron chi connectivity index (χ2n) is 6.56. The average Bonchev–Trinajstić information content (AvgIpc) is 3.04. The molecule has 6 nitrogen and oxygen atoms in total. The van der Waals surface area contributed by atoms with Gasteiger partial charge in [0.15, 0.2) is 0 Å². The maximum Gasteiger partial charge on any atom is 0.303 e. The molecule has 1 aromatic rings. The third-order valence-corrected chi connectivity index (χ3v) is 5.15. The molecule has 0 aromatic carbocycles. The van der Waals surface area contributed by atoms with Gasteiger partial charge in [0.2, 0.25) is 0 Å². The van der Waals surface area contributed by atoms with Crippen LogP contribution in [0, 0.1) is 25.2 Å². The van der Waals surface area contributed by atoms with Crippen molar-refractivity contribution in [3.8, 4) is 0 Å². The zero-order chi connectivity index (χ0) is 15.0. The van der Waals surface area contributed by atoms with Crippen molar-refractivity contribution in [2.24, 2.45) is 11.3 Å². The van der Waals surface area contributed by atoms with Crippen LogP contribution in [0.1, 0.15) is 29.9 Å². The number of carboxylic acids is 1. The Labute approximate surface area is 124 Å². The van der Waals surface area contributed by atoms with Crippen molar-refractivity contribution in [1.82, 2.24) is 15.4 Å². The summed E-state index contributed by atoms with van der Waals surface area (Å²) in [7, 11) is 0. The van der Waals surface area contributed by atoms with Gasteiger partial charge in [-0.15, -0.1) is 0 Å². The predicted molar refractivity (Wildman–Crippen MR) is 76.9 cm³/mol. The van der Waals surface area contributed by atoms with E-state index in [1.165, 1.54) is 5.56 Å². The first kappa shape index (κ1) is 14.5. The quantitative estimate of drug-likeness (QED) is 0.848. The number of aliphatic carboxylic acids is 1. The number of nitrogens with zero attached hydrogens (tertiary/aromatic N) is 2. The van der Waals surface area contributed by atoms with Gasteiger partial charge in [-0.3, -0.25) is 9.69 Å². The maximum atomic E-state index is 10.9. The van der Waals surface area contributed by atoms with Crippen LogP contribution in [-0.2, 0) is 11.3 Å². The van der Waals surface area contributed by atoms with E-state index in [4.69, 9.17) is 9.63 Å². The van der Waals surface area contributed by atoms with Crippen LogP contribution in [0.4, 0.5) is 0 Å². The Morgan fingerprint density at radius 2 is 2.38 bits per heavy atom. The van der Waals surface area contributed by atoms with Gasteiger partial charge in [0.25, 0.3) is 0 Å². The molecular formula is C15H23N3O3. The molecule has 0 radical (unpaired) electrons. The molecule has 2 unspecified atom stereocenters. The van der Waals surface area contributed by atoms with Crippen LogP contribution in [-0.4, -0.2) is 47.3 Å². The van der Waals surface area contributed by atoms with Crippen molar-refractivity contribution in [3.63, 3.8) is 0 Å². The van der Waals surface area contributed by atoms with Crippen molar-refractivity contribution < 1.29 is 14.4 Å². The van der Waals surface area contributed by atoms with Gasteiger partial charge in [0, 0.05) is 43.6 Å². The summed E-state index contributed by atoms with van der Waals surface area (Å²) in [5, 5.41) is 16.4. The van der Waals surface area contributed by atoms with E-state index in [0.29, 0.717) is 5.92 Å². The zero-order valence-corrected chi connectivity index (χ0v) is 12.7. The second kappa shape index (κ2) is 5.42. The van der Waals surface area contributed by atoms with Crippen LogP contribution >= 0.6 is 0 Å². The van der Waals surface area contributed by atoms with Gasteiger partial charge < -0.3 is 14.9 Å². The average molecular weight is 293 g/mol. The Balaban J connectivity index is 1.69. The van der Waals surface area contributed by atoms with E-state index in [0.717, 1.165) is 50.6 Å². The summed E-state index contributed by atoms with van der Waals surface area (Å²) in [6, 6.07) is 0. The van der Waals surface area contributed by atoms with Crippen molar-refractivity contribution in [1.29, 1.82) is 0 Å². The molecule has 0 amide bonds. The number of nitrogens with one attached hydrogen (secondary N) is 1. The van der Waals surface area contributed by atoms with Crippen LogP contribution in [0.15, 0.2) is 4.52 Å². The summed E-state index contributed by atoms with van der Waals surface area (Å²) in [5.74, 6) is 0.749. The number of hydrogen-bond acceptors (Lipinski definition) is 5. The van der Waals surface area contributed by atoms with E-state index in [1.807, 2.05) is 13.8 Å². The highest BCUT2D eigenvalue weighted by Crippen LogP contribution is 2.43. The highest BCUT2D eigenvalue weighted by atomic mass is 16.5. The van der Waals surface area contributed by atoms with Gasteiger partial charge in [-0.2, -0.15) is 0 Å². The normalized spacial score (nSPS) is 29.0. The highest BCUT2D eigenvalue weighted by Gasteiger charge is 2.49. The third-order valence-electron chi connectivity index (χ3n) is 5.15. The summed E-state index contributed by atoms with van der Waals surface area (Å²) in [4.78, 5) is 13.3. The molecule has 21 heavy (non-hydrogen) atoms. The molecule has 3 rings (SSSR count). The molecule has 0 aliphatic carbocycles. The predicted octanol–water partition coefficient (Wildman–Crippen LogP) is 1.18. The lowest BCUT2D eigenvalue weighted by Crippen LogP contribution is -2.33. The van der Waals surface area contributed by atoms with E-state index < -0.39 is 5.97 Å². The maximum absolute atomic E-state index is 10.9. The minimum Gasteiger partial charge on any atom is -0.481 e. The minimum atomic E-state index is -0.695. The van der Waals surface area contributed by atoms with Gasteiger partial charge in [-0.25, -0.2) is 0 Å². The topological polar surface area (TPSA) is 78.6 Å². The summed E-state index contributed by atoms with van der Waals surface area (Å²) in [6.07, 6.45) is 1.02. The summed E-state index contributed by atoms with van der Waals surface area (Å²) in [5.41, 5.74) is 2.26. The Hall–Kier alpha value is -1.40. The molecule has 1 aromatic heterocycles. The SMILES string of the molecule is Cc1noc(C)c1CN1CC2CNCC2(CCC(=O)O)C1. The third kappa shape index (κ3) is 2.70. The van der Waals surface area contributed by atoms with Crippen LogP contribution < -0.4 is 5.32 Å². The molecule has 2 N–H and O–H groups in total. The number of carbonyl (C=O) groups is 1. The number of likely N-dealkylation sites (tertiary alicyclic amines) is 1. The molecule has 0 spiro atoms. The molecule has 2 atom stereocenters. The van der Waals surface area contributed by atoms with Crippen LogP contribution in [0.25, 0.3) is 0 Å². The van der Waals surface area contributed by atoms with Crippen molar-refractivity contribution in [2.45, 2.75) is 33.2 Å². The molecular weight excluding hydrogens is 270 g/mol. The van der Waals surface area contributed by atoms with E-state index >= 15 is 0 Å². The largest absolute Gasteiger partial charge is 0.481 e. The number of hydrogen-bond donors (Lipinski definition) is 2. The zero-order valence-electron chi connectivity index (χ0n) is 12.7. The van der Waals surface area contributed by atoms with Crippen molar-refractivity contribution >= 4 is 5.97 Å². The van der Waals surface area contributed by atoms with E-state index in [1.54, 1.807) is 0 Å². The fourth-order valence-electron chi connectivity index (χ4n) is 3.92. The fraction of sp³-hybridized carbons (Fsp3) is 0.733. The first-order valence-electron chi connectivity index (χ1n) is 7.57. The van der Waals surface area contributed by atoms with Crippen LogP contribution in [0.5, 0.6) is 0 Å². The second-order valence-corrected chi connectivity index (χ2v) is 6.56. The lowest BCUT2D eigenvalue weighted by molar-refractivity contribution is -0.137. The molecule has 2 fully saturated rings. The first-order chi connectivity index (χ1) is 10.00. The monoisotopic (exact) mass is 293 g/mol. The molecule has 6 heteroatoms. The standard InChI is InChI=1S/C15H23N3O3/c1-10-13(11(2)21-17-10)7-18-6-12-5-16-8-15(12,9-18)4-3-14(19)20/h12,16H,3-9H2,1-2H3,(H,19,20). The lowest BCUT2D eigenvalue weighted by atomic mass is 9.77. The summed E-state index contributed by atoms with van der Waals surface area (Å²) < 4.78 is 5.24. The highest BCUT2D eigenvalue weighted by molar-refractivity contribution is 5.66. The number of fused-ring (bicyclic) bond motifs is 1. The molecule has 0 bridgehead atoms. The van der Waals surface area contributed by atoms with Gasteiger partial charge in [-0.05, 0) is 32.7 Å². The Kier molecular flexibility index (Phi) is 3.75. The van der Waals surface area contributed by atoms with E-state index in [-0.39, 0.29) is 11.8 Å².